The number of para-hydroxylation sites is 1. The lowest BCUT2D eigenvalue weighted by Gasteiger charge is -2.18. The Morgan fingerprint density at radius 1 is 1.03 bits per heavy atom. The van der Waals surface area contributed by atoms with Crippen LogP contribution in [0.5, 0.6) is 5.75 Å². The Labute approximate surface area is 192 Å². The lowest BCUT2D eigenvalue weighted by Crippen LogP contribution is -2.18. The van der Waals surface area contributed by atoms with Crippen molar-refractivity contribution in [2.75, 3.05) is 0 Å². The quantitative estimate of drug-likeness (QED) is 0.335. The van der Waals surface area contributed by atoms with Crippen LogP contribution in [0.2, 0.25) is 10.0 Å². The van der Waals surface area contributed by atoms with E-state index in [4.69, 9.17) is 27.9 Å². The monoisotopic (exact) mass is 454 g/mol. The predicted octanol–water partition coefficient (Wildman–Crippen LogP) is 6.63. The second-order valence-corrected chi connectivity index (χ2v) is 8.93. The summed E-state index contributed by atoms with van der Waals surface area (Å²) in [6.45, 7) is 6.68. The van der Waals surface area contributed by atoms with Crippen LogP contribution in [-0.2, 0) is 12.0 Å². The maximum absolute atomic E-state index is 12.4. The van der Waals surface area contributed by atoms with Crippen molar-refractivity contribution in [2.24, 2.45) is 5.10 Å². The van der Waals surface area contributed by atoms with E-state index in [0.717, 1.165) is 11.1 Å². The fourth-order valence-electron chi connectivity index (χ4n) is 2.86. The molecule has 0 fully saturated rings. The predicted molar refractivity (Wildman–Crippen MR) is 127 cm³/mol. The van der Waals surface area contributed by atoms with Gasteiger partial charge >= 0.3 is 0 Å². The number of halogens is 2. The van der Waals surface area contributed by atoms with Crippen LogP contribution in [0, 0.1) is 0 Å². The molecular formula is C25H24Cl2N2O2. The second-order valence-electron chi connectivity index (χ2n) is 8.09. The summed E-state index contributed by atoms with van der Waals surface area (Å²) in [7, 11) is 0. The highest BCUT2D eigenvalue weighted by atomic mass is 35.5. The third-order valence-corrected chi connectivity index (χ3v) is 5.29. The van der Waals surface area contributed by atoms with Crippen LogP contribution < -0.4 is 10.2 Å². The molecule has 4 nitrogen and oxygen atoms in total. The Kier molecular flexibility index (Phi) is 7.37. The summed E-state index contributed by atoms with van der Waals surface area (Å²) in [6, 6.07) is 20.2. The number of amides is 1. The molecule has 0 aliphatic heterocycles. The van der Waals surface area contributed by atoms with E-state index in [0.29, 0.717) is 21.4 Å². The minimum absolute atomic E-state index is 0.0348. The van der Waals surface area contributed by atoms with E-state index in [2.05, 4.69) is 31.3 Å². The fraction of sp³-hybridized carbons (Fsp3) is 0.200. The third-order valence-electron chi connectivity index (χ3n) is 4.70. The lowest BCUT2D eigenvalue weighted by atomic mass is 9.87. The van der Waals surface area contributed by atoms with Crippen LogP contribution in [-0.4, -0.2) is 12.1 Å². The number of benzene rings is 3. The largest absolute Gasteiger partial charge is 0.488 e. The van der Waals surface area contributed by atoms with E-state index in [9.17, 15) is 4.79 Å². The van der Waals surface area contributed by atoms with Gasteiger partial charge in [-0.3, -0.25) is 4.79 Å². The average Bonchev–Trinajstić information content (AvgIpc) is 2.73. The van der Waals surface area contributed by atoms with Crippen molar-refractivity contribution >= 4 is 35.3 Å². The standard InChI is InChI=1S/C25H24Cl2N2O2/c1-25(2,3)20-11-8-17(9-12-20)24(30)29-28-15-18-6-4-5-7-23(18)31-16-19-10-13-21(26)14-22(19)27/h4-15H,16H2,1-3H3,(H,29,30)/b28-15-. The van der Waals surface area contributed by atoms with E-state index in [-0.39, 0.29) is 17.9 Å². The van der Waals surface area contributed by atoms with E-state index in [1.807, 2.05) is 42.5 Å². The molecule has 0 spiro atoms. The zero-order chi connectivity index (χ0) is 22.4. The Balaban J connectivity index is 1.64. The topological polar surface area (TPSA) is 50.7 Å². The molecule has 0 aromatic heterocycles. The molecule has 1 N–H and O–H groups in total. The van der Waals surface area contributed by atoms with E-state index in [1.54, 1.807) is 30.5 Å². The van der Waals surface area contributed by atoms with Gasteiger partial charge in [-0.1, -0.05) is 74.3 Å². The zero-order valence-electron chi connectivity index (χ0n) is 17.7. The highest BCUT2D eigenvalue weighted by Gasteiger charge is 2.14. The van der Waals surface area contributed by atoms with Gasteiger partial charge in [0.2, 0.25) is 0 Å². The molecule has 3 aromatic rings. The first-order chi connectivity index (χ1) is 14.7. The molecule has 6 heteroatoms. The minimum Gasteiger partial charge on any atom is -0.488 e. The molecular weight excluding hydrogens is 431 g/mol. The fourth-order valence-corrected chi connectivity index (χ4v) is 3.32. The lowest BCUT2D eigenvalue weighted by molar-refractivity contribution is 0.0955. The molecule has 0 saturated heterocycles. The molecule has 0 saturated carbocycles. The normalized spacial score (nSPS) is 11.5. The number of ether oxygens (including phenoxy) is 1. The minimum atomic E-state index is -0.275. The van der Waals surface area contributed by atoms with E-state index < -0.39 is 0 Å². The van der Waals surface area contributed by atoms with Crippen molar-refractivity contribution in [3.63, 3.8) is 0 Å². The molecule has 3 rings (SSSR count). The number of nitrogens with zero attached hydrogens (tertiary/aromatic N) is 1. The van der Waals surface area contributed by atoms with Crippen molar-refractivity contribution in [3.8, 4) is 5.75 Å². The van der Waals surface area contributed by atoms with Crippen LogP contribution in [0.15, 0.2) is 71.8 Å². The molecule has 160 valence electrons. The summed E-state index contributed by atoms with van der Waals surface area (Å²) < 4.78 is 5.90. The van der Waals surface area contributed by atoms with Crippen LogP contribution in [0.4, 0.5) is 0 Å². The van der Waals surface area contributed by atoms with Crippen molar-refractivity contribution in [1.82, 2.24) is 5.43 Å². The van der Waals surface area contributed by atoms with Gasteiger partial charge in [0.15, 0.2) is 0 Å². The van der Waals surface area contributed by atoms with Gasteiger partial charge in [-0.15, -0.1) is 0 Å². The number of hydrogen-bond donors (Lipinski definition) is 1. The average molecular weight is 455 g/mol. The molecule has 0 aliphatic rings. The van der Waals surface area contributed by atoms with Crippen LogP contribution in [0.1, 0.15) is 47.8 Å². The second kappa shape index (κ2) is 9.99. The Bertz CT molecular complexity index is 1090. The Morgan fingerprint density at radius 2 is 1.74 bits per heavy atom. The zero-order valence-corrected chi connectivity index (χ0v) is 19.2. The number of hydrazone groups is 1. The molecule has 0 bridgehead atoms. The smallest absolute Gasteiger partial charge is 0.271 e. The number of nitrogens with one attached hydrogen (secondary N) is 1. The van der Waals surface area contributed by atoms with Crippen LogP contribution in [0.25, 0.3) is 0 Å². The van der Waals surface area contributed by atoms with Gasteiger partial charge in [0, 0.05) is 26.7 Å². The highest BCUT2D eigenvalue weighted by molar-refractivity contribution is 6.35. The molecule has 0 unspecified atom stereocenters. The summed E-state index contributed by atoms with van der Waals surface area (Å²) in [4.78, 5) is 12.4. The van der Waals surface area contributed by atoms with Crippen molar-refractivity contribution in [3.05, 3.63) is 99.0 Å². The first kappa shape index (κ1) is 22.9. The first-order valence-electron chi connectivity index (χ1n) is 9.84. The highest BCUT2D eigenvalue weighted by Crippen LogP contribution is 2.24. The molecule has 1 amide bonds. The van der Waals surface area contributed by atoms with Crippen molar-refractivity contribution in [2.45, 2.75) is 32.8 Å². The number of hydrogen-bond acceptors (Lipinski definition) is 3. The summed E-state index contributed by atoms with van der Waals surface area (Å²) in [5.74, 6) is 0.351. The van der Waals surface area contributed by atoms with Gasteiger partial charge in [0.25, 0.3) is 5.91 Å². The van der Waals surface area contributed by atoms with Crippen LogP contribution in [0.3, 0.4) is 0 Å². The van der Waals surface area contributed by atoms with Gasteiger partial charge in [0.1, 0.15) is 12.4 Å². The van der Waals surface area contributed by atoms with Gasteiger partial charge in [-0.05, 0) is 47.4 Å². The van der Waals surface area contributed by atoms with Gasteiger partial charge in [0.05, 0.1) is 6.21 Å². The van der Waals surface area contributed by atoms with Crippen molar-refractivity contribution < 1.29 is 9.53 Å². The Morgan fingerprint density at radius 3 is 2.42 bits per heavy atom. The molecule has 0 atom stereocenters. The molecule has 0 radical (unpaired) electrons. The summed E-state index contributed by atoms with van der Waals surface area (Å²) in [6.07, 6.45) is 1.56. The number of carbonyl (C=O) groups is 1. The van der Waals surface area contributed by atoms with E-state index >= 15 is 0 Å². The maximum atomic E-state index is 12.4. The van der Waals surface area contributed by atoms with Gasteiger partial charge < -0.3 is 4.74 Å². The molecule has 0 heterocycles. The first-order valence-corrected chi connectivity index (χ1v) is 10.6. The van der Waals surface area contributed by atoms with Gasteiger partial charge in [-0.2, -0.15) is 5.10 Å². The number of rotatable bonds is 6. The SMILES string of the molecule is CC(C)(C)c1ccc(C(=O)N/N=C\c2ccccc2OCc2ccc(Cl)cc2Cl)cc1. The summed E-state index contributed by atoms with van der Waals surface area (Å²) in [5.41, 5.74) is 5.87. The van der Waals surface area contributed by atoms with E-state index in [1.165, 1.54) is 5.56 Å². The number of carbonyl (C=O) groups excluding carboxylic acids is 1. The van der Waals surface area contributed by atoms with Crippen molar-refractivity contribution in [1.29, 1.82) is 0 Å². The van der Waals surface area contributed by atoms with Crippen LogP contribution >= 0.6 is 23.2 Å². The summed E-state index contributed by atoms with van der Waals surface area (Å²) >= 11 is 12.1. The molecule has 31 heavy (non-hydrogen) atoms. The van der Waals surface area contributed by atoms with Gasteiger partial charge in [-0.25, -0.2) is 5.43 Å². The maximum Gasteiger partial charge on any atom is 0.271 e. The molecule has 0 aliphatic carbocycles. The molecule has 3 aromatic carbocycles. The Hall–Kier alpha value is -2.82. The third kappa shape index (κ3) is 6.33. The summed E-state index contributed by atoms with van der Waals surface area (Å²) in [5, 5.41) is 5.20.